The fourth-order valence-corrected chi connectivity index (χ4v) is 2.41. The van der Waals surface area contributed by atoms with Gasteiger partial charge in [0, 0.05) is 10.4 Å². The number of hydrogen-bond acceptors (Lipinski definition) is 4. The summed E-state index contributed by atoms with van der Waals surface area (Å²) >= 11 is 5.93. The molecular weight excluding hydrogens is 304 g/mol. The molecule has 3 aromatic rings. The number of ketones is 1. The second-order valence-electron chi connectivity index (χ2n) is 4.66. The number of methoxy groups -OCH3 is 1. The van der Waals surface area contributed by atoms with Crippen LogP contribution in [0.4, 0.5) is 0 Å². The molecule has 0 atom stereocenters. The summed E-state index contributed by atoms with van der Waals surface area (Å²) in [6.07, 6.45) is 0. The third kappa shape index (κ3) is 2.49. The zero-order valence-electron chi connectivity index (χ0n) is 11.6. The van der Waals surface area contributed by atoms with E-state index in [1.54, 1.807) is 42.5 Å². The van der Waals surface area contributed by atoms with Crippen molar-refractivity contribution in [1.29, 1.82) is 0 Å². The van der Waals surface area contributed by atoms with Crippen LogP contribution in [0.1, 0.15) is 15.9 Å². The number of rotatable bonds is 3. The van der Waals surface area contributed by atoms with Crippen LogP contribution >= 0.6 is 11.6 Å². The van der Waals surface area contributed by atoms with Crippen LogP contribution in [-0.2, 0) is 0 Å². The molecule has 0 amide bonds. The lowest BCUT2D eigenvalue weighted by Crippen LogP contribution is -2.15. The van der Waals surface area contributed by atoms with Gasteiger partial charge in [-0.3, -0.25) is 4.79 Å². The van der Waals surface area contributed by atoms with Crippen LogP contribution in [0, 0.1) is 0 Å². The van der Waals surface area contributed by atoms with Crippen molar-refractivity contribution in [2.75, 3.05) is 7.11 Å². The number of fused-ring (bicyclic) bond motifs is 1. The zero-order valence-corrected chi connectivity index (χ0v) is 12.4. The molecule has 0 fully saturated rings. The first kappa shape index (κ1) is 14.4. The van der Waals surface area contributed by atoms with Gasteiger partial charge in [-0.25, -0.2) is 4.79 Å². The van der Waals surface area contributed by atoms with Gasteiger partial charge in [-0.15, -0.1) is 0 Å². The highest BCUT2D eigenvalue weighted by atomic mass is 35.5. The Labute approximate surface area is 130 Å². The first-order valence-electron chi connectivity index (χ1n) is 6.51. The van der Waals surface area contributed by atoms with Gasteiger partial charge < -0.3 is 9.15 Å². The quantitative estimate of drug-likeness (QED) is 0.546. The zero-order chi connectivity index (χ0) is 15.7. The number of ether oxygens (including phenoxy) is 1. The van der Waals surface area contributed by atoms with Crippen LogP contribution < -0.4 is 10.4 Å². The molecule has 0 radical (unpaired) electrons. The molecule has 0 saturated heterocycles. The molecule has 22 heavy (non-hydrogen) atoms. The van der Waals surface area contributed by atoms with Crippen molar-refractivity contribution < 1.29 is 13.9 Å². The van der Waals surface area contributed by atoms with Gasteiger partial charge in [0.25, 0.3) is 0 Å². The second-order valence-corrected chi connectivity index (χ2v) is 5.10. The van der Waals surface area contributed by atoms with E-state index in [0.717, 1.165) is 0 Å². The number of halogens is 1. The minimum atomic E-state index is -0.689. The first-order chi connectivity index (χ1) is 10.6. The average molecular weight is 315 g/mol. The molecule has 3 rings (SSSR count). The number of benzene rings is 2. The summed E-state index contributed by atoms with van der Waals surface area (Å²) in [6.45, 7) is 0. The molecule has 0 bridgehead atoms. The van der Waals surface area contributed by atoms with Gasteiger partial charge in [0.1, 0.15) is 16.9 Å². The number of hydrogen-bond donors (Lipinski definition) is 0. The largest absolute Gasteiger partial charge is 0.496 e. The van der Waals surface area contributed by atoms with Crippen molar-refractivity contribution in [1.82, 2.24) is 0 Å². The molecule has 0 aliphatic rings. The summed E-state index contributed by atoms with van der Waals surface area (Å²) < 4.78 is 10.3. The van der Waals surface area contributed by atoms with Crippen LogP contribution in [0.2, 0.25) is 5.02 Å². The fraction of sp³-hybridized carbons (Fsp3) is 0.0588. The van der Waals surface area contributed by atoms with Crippen LogP contribution in [0.3, 0.4) is 0 Å². The van der Waals surface area contributed by atoms with Crippen LogP contribution in [0.25, 0.3) is 11.0 Å². The Morgan fingerprint density at radius 1 is 1.09 bits per heavy atom. The Bertz CT molecular complexity index is 927. The van der Waals surface area contributed by atoms with Gasteiger partial charge in [0.2, 0.25) is 5.78 Å². The number of carbonyl (C=O) groups excluding carboxylic acids is 1. The summed E-state index contributed by atoms with van der Waals surface area (Å²) in [4.78, 5) is 24.7. The highest BCUT2D eigenvalue weighted by molar-refractivity contribution is 6.31. The Balaban J connectivity index is 2.19. The highest BCUT2D eigenvalue weighted by Gasteiger charge is 2.19. The first-order valence-corrected chi connectivity index (χ1v) is 6.89. The molecule has 110 valence electrons. The van der Waals surface area contributed by atoms with Crippen LogP contribution in [0.5, 0.6) is 5.75 Å². The Morgan fingerprint density at radius 3 is 2.64 bits per heavy atom. The van der Waals surface area contributed by atoms with Crippen LogP contribution in [-0.4, -0.2) is 12.9 Å². The van der Waals surface area contributed by atoms with Crippen molar-refractivity contribution in [3.8, 4) is 5.75 Å². The topological polar surface area (TPSA) is 56.5 Å². The summed E-state index contributed by atoms with van der Waals surface area (Å²) in [5.41, 5.74) is -0.0605. The normalized spacial score (nSPS) is 10.6. The summed E-state index contributed by atoms with van der Waals surface area (Å²) in [5, 5.41) is 1.09. The van der Waals surface area contributed by atoms with Gasteiger partial charge >= 0.3 is 5.63 Å². The summed E-state index contributed by atoms with van der Waals surface area (Å²) in [6, 6.07) is 13.1. The molecule has 1 heterocycles. The lowest BCUT2D eigenvalue weighted by atomic mass is 10.0. The molecule has 0 spiro atoms. The van der Waals surface area contributed by atoms with E-state index < -0.39 is 11.4 Å². The predicted octanol–water partition coefficient (Wildman–Crippen LogP) is 3.69. The Morgan fingerprint density at radius 2 is 1.86 bits per heavy atom. The molecule has 0 N–H and O–H groups in total. The van der Waals surface area contributed by atoms with E-state index in [1.165, 1.54) is 13.2 Å². The Hall–Kier alpha value is -2.59. The van der Waals surface area contributed by atoms with E-state index in [9.17, 15) is 9.59 Å². The highest BCUT2D eigenvalue weighted by Crippen LogP contribution is 2.23. The standard InChI is InChI=1S/C17H11ClO4/c1-21-15-5-3-2-4-12(15)16(19)13-9-10-8-11(18)6-7-14(10)22-17(13)20/h2-9H,1H3. The predicted molar refractivity (Wildman–Crippen MR) is 83.9 cm³/mol. The molecule has 4 nitrogen and oxygen atoms in total. The van der Waals surface area contributed by atoms with E-state index in [0.29, 0.717) is 27.3 Å². The SMILES string of the molecule is COc1ccccc1C(=O)c1cc2cc(Cl)ccc2oc1=O. The van der Waals surface area contributed by atoms with Crippen molar-refractivity contribution in [3.63, 3.8) is 0 Å². The number of para-hydroxylation sites is 1. The maximum absolute atomic E-state index is 12.6. The third-order valence-electron chi connectivity index (χ3n) is 3.29. The Kier molecular flexibility index (Phi) is 3.69. The van der Waals surface area contributed by atoms with Gasteiger partial charge in [-0.1, -0.05) is 23.7 Å². The molecular formula is C17H11ClO4. The summed E-state index contributed by atoms with van der Waals surface area (Å²) in [5.74, 6) is -0.0498. The fourth-order valence-electron chi connectivity index (χ4n) is 2.23. The van der Waals surface area contributed by atoms with Gasteiger partial charge in [-0.05, 0) is 36.4 Å². The monoisotopic (exact) mass is 314 g/mol. The minimum Gasteiger partial charge on any atom is -0.496 e. The maximum Gasteiger partial charge on any atom is 0.347 e. The van der Waals surface area contributed by atoms with Crippen molar-refractivity contribution in [2.45, 2.75) is 0 Å². The average Bonchev–Trinajstić information content (AvgIpc) is 2.54. The molecule has 0 aliphatic heterocycles. The third-order valence-corrected chi connectivity index (χ3v) is 3.53. The van der Waals surface area contributed by atoms with E-state index in [1.807, 2.05) is 0 Å². The van der Waals surface area contributed by atoms with Crippen molar-refractivity contribution in [3.05, 3.63) is 75.1 Å². The summed E-state index contributed by atoms with van der Waals surface area (Å²) in [7, 11) is 1.47. The molecule has 0 aliphatic carbocycles. The van der Waals surface area contributed by atoms with E-state index in [-0.39, 0.29) is 5.56 Å². The van der Waals surface area contributed by atoms with Crippen molar-refractivity contribution in [2.24, 2.45) is 0 Å². The van der Waals surface area contributed by atoms with E-state index in [2.05, 4.69) is 0 Å². The lowest BCUT2D eigenvalue weighted by molar-refractivity contribution is 0.103. The smallest absolute Gasteiger partial charge is 0.347 e. The molecule has 1 aromatic heterocycles. The van der Waals surface area contributed by atoms with Gasteiger partial charge in [0.05, 0.1) is 12.7 Å². The molecule has 0 saturated carbocycles. The number of carbonyl (C=O) groups is 1. The van der Waals surface area contributed by atoms with E-state index in [4.69, 9.17) is 20.8 Å². The molecule has 2 aromatic carbocycles. The second kappa shape index (κ2) is 5.66. The minimum absolute atomic E-state index is 0.0562. The van der Waals surface area contributed by atoms with Crippen LogP contribution in [0.15, 0.2) is 57.7 Å². The maximum atomic E-state index is 12.6. The van der Waals surface area contributed by atoms with Crippen molar-refractivity contribution >= 4 is 28.4 Å². The van der Waals surface area contributed by atoms with Gasteiger partial charge in [-0.2, -0.15) is 0 Å². The van der Waals surface area contributed by atoms with Gasteiger partial charge in [0.15, 0.2) is 0 Å². The molecule has 5 heteroatoms. The lowest BCUT2D eigenvalue weighted by Gasteiger charge is -2.07. The molecule has 0 unspecified atom stereocenters. The van der Waals surface area contributed by atoms with E-state index >= 15 is 0 Å².